The molecule has 72 valence electrons. The molecule has 0 spiro atoms. The second kappa shape index (κ2) is 3.34. The van der Waals surface area contributed by atoms with Gasteiger partial charge in [-0.3, -0.25) is 0 Å². The Hall–Kier alpha value is -1.49. The smallest absolute Gasteiger partial charge is 0.172 e. The molecule has 1 fully saturated rings. The van der Waals surface area contributed by atoms with E-state index in [1.807, 2.05) is 30.3 Å². The molecule has 2 heteroatoms. The van der Waals surface area contributed by atoms with Crippen LogP contribution in [0, 0.1) is 12.0 Å². The highest BCUT2D eigenvalue weighted by molar-refractivity contribution is 5.27. The first-order valence-corrected chi connectivity index (χ1v) is 4.66. The third kappa shape index (κ3) is 1.46. The average molecular weight is 189 g/mol. The van der Waals surface area contributed by atoms with Crippen LogP contribution in [0.2, 0.25) is 0 Å². The summed E-state index contributed by atoms with van der Waals surface area (Å²) in [5, 5.41) is 0. The number of benzene rings is 1. The van der Waals surface area contributed by atoms with Crippen LogP contribution < -0.4 is 0 Å². The highest BCUT2D eigenvalue weighted by Gasteiger charge is 2.44. The predicted octanol–water partition coefficient (Wildman–Crippen LogP) is 2.15. The van der Waals surface area contributed by atoms with E-state index in [1.54, 1.807) is 11.8 Å². The van der Waals surface area contributed by atoms with Crippen LogP contribution in [0.25, 0.3) is 0 Å². The minimum Gasteiger partial charge on any atom is -0.325 e. The summed E-state index contributed by atoms with van der Waals surface area (Å²) in [4.78, 5) is 1.80. The molecule has 0 N–H and O–H groups in total. The Morgan fingerprint density at radius 3 is 2.50 bits per heavy atom. The molecule has 1 heterocycles. The lowest BCUT2D eigenvalue weighted by Gasteiger charge is -2.42. The number of alkyl halides is 1. The molecule has 0 bridgehead atoms. The monoisotopic (exact) mass is 189 g/mol. The maximum absolute atomic E-state index is 14.1. The van der Waals surface area contributed by atoms with Gasteiger partial charge in [0.1, 0.15) is 0 Å². The van der Waals surface area contributed by atoms with Crippen molar-refractivity contribution in [3.63, 3.8) is 0 Å². The predicted molar refractivity (Wildman–Crippen MR) is 54.3 cm³/mol. The minimum atomic E-state index is -1.19. The van der Waals surface area contributed by atoms with Crippen LogP contribution in [-0.4, -0.2) is 18.0 Å². The van der Waals surface area contributed by atoms with Crippen LogP contribution >= 0.6 is 0 Å². The van der Waals surface area contributed by atoms with Crippen LogP contribution in [-0.2, 0) is 5.67 Å². The maximum Gasteiger partial charge on any atom is 0.172 e. The Morgan fingerprint density at radius 1 is 1.29 bits per heavy atom. The number of hydrogen-bond donors (Lipinski definition) is 0. The summed E-state index contributed by atoms with van der Waals surface area (Å²) in [6, 6.07) is 12.1. The van der Waals surface area contributed by atoms with Gasteiger partial charge < -0.3 is 4.90 Å². The van der Waals surface area contributed by atoms with E-state index in [0.717, 1.165) is 5.56 Å². The molecular weight excluding hydrogens is 177 g/mol. The number of hydrogen-bond acceptors (Lipinski definition) is 1. The Balaban J connectivity index is 2.10. The fourth-order valence-corrected chi connectivity index (χ4v) is 1.72. The van der Waals surface area contributed by atoms with Gasteiger partial charge in [0, 0.05) is 6.04 Å². The number of rotatable bonds is 1. The van der Waals surface area contributed by atoms with Gasteiger partial charge in [-0.15, -0.1) is 0 Å². The van der Waals surface area contributed by atoms with Gasteiger partial charge >= 0.3 is 0 Å². The molecule has 1 aromatic rings. The van der Waals surface area contributed by atoms with E-state index in [-0.39, 0.29) is 0 Å². The first kappa shape index (κ1) is 9.08. The maximum atomic E-state index is 14.1. The van der Waals surface area contributed by atoms with Crippen LogP contribution in [0.1, 0.15) is 12.5 Å². The van der Waals surface area contributed by atoms with E-state index in [9.17, 15) is 4.39 Å². The Labute approximate surface area is 83.5 Å². The molecular formula is C12H12FN. The van der Waals surface area contributed by atoms with Gasteiger partial charge in [0.2, 0.25) is 0 Å². The standard InChI is InChI=1S/C12H12FN/c1-2-8-14-9-12(13,10-14)11-6-4-3-5-7-11/h3-7H,9-10H2,1H3. The van der Waals surface area contributed by atoms with Crippen molar-refractivity contribution in [2.75, 3.05) is 13.1 Å². The fraction of sp³-hybridized carbons (Fsp3) is 0.333. The van der Waals surface area contributed by atoms with Gasteiger partial charge in [0.25, 0.3) is 0 Å². The SMILES string of the molecule is CC#CN1CC(F)(c2ccccc2)C1. The zero-order valence-electron chi connectivity index (χ0n) is 8.13. The summed E-state index contributed by atoms with van der Waals surface area (Å²) in [5.41, 5.74) is -0.431. The van der Waals surface area contributed by atoms with Crippen molar-refractivity contribution in [1.29, 1.82) is 0 Å². The van der Waals surface area contributed by atoms with Gasteiger partial charge in [-0.25, -0.2) is 4.39 Å². The molecule has 1 nitrogen and oxygen atoms in total. The van der Waals surface area contributed by atoms with Crippen molar-refractivity contribution in [1.82, 2.24) is 4.90 Å². The minimum absolute atomic E-state index is 0.387. The van der Waals surface area contributed by atoms with E-state index in [4.69, 9.17) is 0 Å². The third-order valence-corrected chi connectivity index (χ3v) is 2.44. The van der Waals surface area contributed by atoms with Gasteiger partial charge in [0.15, 0.2) is 5.67 Å². The summed E-state index contributed by atoms with van der Waals surface area (Å²) < 4.78 is 14.1. The fourth-order valence-electron chi connectivity index (χ4n) is 1.72. The zero-order valence-corrected chi connectivity index (χ0v) is 8.13. The molecule has 14 heavy (non-hydrogen) atoms. The van der Waals surface area contributed by atoms with E-state index in [1.165, 1.54) is 0 Å². The first-order valence-electron chi connectivity index (χ1n) is 4.66. The van der Waals surface area contributed by atoms with Gasteiger partial charge in [-0.2, -0.15) is 0 Å². The molecule has 0 saturated carbocycles. The van der Waals surface area contributed by atoms with Crippen molar-refractivity contribution in [3.05, 3.63) is 35.9 Å². The molecule has 0 amide bonds. The molecule has 0 radical (unpaired) electrons. The lowest BCUT2D eigenvalue weighted by Crippen LogP contribution is -2.54. The third-order valence-electron chi connectivity index (χ3n) is 2.44. The normalized spacial score (nSPS) is 18.0. The molecule has 1 aromatic carbocycles. The number of halogens is 1. The van der Waals surface area contributed by atoms with Crippen LogP contribution in [0.5, 0.6) is 0 Å². The molecule has 0 unspecified atom stereocenters. The molecule has 1 aliphatic heterocycles. The lowest BCUT2D eigenvalue weighted by molar-refractivity contribution is 0.00159. The molecule has 0 atom stereocenters. The lowest BCUT2D eigenvalue weighted by atomic mass is 9.88. The van der Waals surface area contributed by atoms with E-state index < -0.39 is 5.67 Å². The first-order chi connectivity index (χ1) is 6.74. The summed E-state index contributed by atoms with van der Waals surface area (Å²) >= 11 is 0. The average Bonchev–Trinajstić information content (AvgIpc) is 2.17. The van der Waals surface area contributed by atoms with Crippen molar-refractivity contribution in [3.8, 4) is 12.0 Å². The van der Waals surface area contributed by atoms with Crippen molar-refractivity contribution in [2.45, 2.75) is 12.6 Å². The second-order valence-corrected chi connectivity index (χ2v) is 3.55. The van der Waals surface area contributed by atoms with Gasteiger partial charge in [0.05, 0.1) is 13.1 Å². The highest BCUT2D eigenvalue weighted by Crippen LogP contribution is 2.35. The quantitative estimate of drug-likeness (QED) is 0.612. The molecule has 2 rings (SSSR count). The van der Waals surface area contributed by atoms with Gasteiger partial charge in [-0.05, 0) is 12.5 Å². The molecule has 1 aliphatic rings. The van der Waals surface area contributed by atoms with Crippen LogP contribution in [0.3, 0.4) is 0 Å². The van der Waals surface area contributed by atoms with Crippen molar-refractivity contribution < 1.29 is 4.39 Å². The number of nitrogens with zero attached hydrogens (tertiary/aromatic N) is 1. The van der Waals surface area contributed by atoms with Crippen LogP contribution in [0.15, 0.2) is 30.3 Å². The number of likely N-dealkylation sites (tertiary alicyclic amines) is 1. The largest absolute Gasteiger partial charge is 0.325 e. The van der Waals surface area contributed by atoms with E-state index in [0.29, 0.717) is 13.1 Å². The summed E-state index contributed by atoms with van der Waals surface area (Å²) in [6.45, 7) is 2.54. The zero-order chi connectivity index (χ0) is 10.0. The highest BCUT2D eigenvalue weighted by atomic mass is 19.1. The summed E-state index contributed by atoms with van der Waals surface area (Å²) in [7, 11) is 0. The van der Waals surface area contributed by atoms with Crippen molar-refractivity contribution >= 4 is 0 Å². The van der Waals surface area contributed by atoms with Crippen LogP contribution in [0.4, 0.5) is 4.39 Å². The summed E-state index contributed by atoms with van der Waals surface area (Å²) in [6.07, 6.45) is 0. The topological polar surface area (TPSA) is 3.24 Å². The molecule has 0 aliphatic carbocycles. The Kier molecular flexibility index (Phi) is 2.17. The Bertz CT molecular complexity index is 368. The molecule has 0 aromatic heterocycles. The summed E-state index contributed by atoms with van der Waals surface area (Å²) in [5.74, 6) is 2.77. The van der Waals surface area contributed by atoms with Crippen molar-refractivity contribution in [2.24, 2.45) is 0 Å². The van der Waals surface area contributed by atoms with Gasteiger partial charge in [-0.1, -0.05) is 36.3 Å². The van der Waals surface area contributed by atoms with E-state index >= 15 is 0 Å². The second-order valence-electron chi connectivity index (χ2n) is 3.55. The van der Waals surface area contributed by atoms with E-state index in [2.05, 4.69) is 12.0 Å². The Morgan fingerprint density at radius 2 is 1.93 bits per heavy atom. The molecule has 1 saturated heterocycles.